The Balaban J connectivity index is 1.83. The van der Waals surface area contributed by atoms with Gasteiger partial charge in [-0.3, -0.25) is 10.1 Å². The molecule has 0 bridgehead atoms. The highest BCUT2D eigenvalue weighted by Crippen LogP contribution is 2.35. The highest BCUT2D eigenvalue weighted by Gasteiger charge is 2.46. The van der Waals surface area contributed by atoms with Gasteiger partial charge in [0.1, 0.15) is 12.4 Å². The molecule has 37 heavy (non-hydrogen) atoms. The van der Waals surface area contributed by atoms with Gasteiger partial charge in [-0.15, -0.1) is 0 Å². The minimum Gasteiger partial charge on any atom is -0.449 e. The third-order valence-electron chi connectivity index (χ3n) is 5.81. The lowest BCUT2D eigenvalue weighted by Gasteiger charge is -2.29. The molecule has 0 aromatic heterocycles. The van der Waals surface area contributed by atoms with E-state index in [-0.39, 0.29) is 30.2 Å². The Hall–Kier alpha value is -4.53. The Kier molecular flexibility index (Phi) is 7.33. The van der Waals surface area contributed by atoms with Crippen LogP contribution in [0.25, 0.3) is 0 Å². The number of hydrogen-bond donors (Lipinski definition) is 1. The second kappa shape index (κ2) is 10.6. The maximum absolute atomic E-state index is 15.0. The third-order valence-corrected chi connectivity index (χ3v) is 5.81. The number of fused-ring (bicyclic) bond motifs is 1. The number of rotatable bonds is 5. The van der Waals surface area contributed by atoms with E-state index in [4.69, 9.17) is 9.47 Å². The Morgan fingerprint density at radius 2 is 1.65 bits per heavy atom. The number of ether oxygens (including phenoxy) is 2. The van der Waals surface area contributed by atoms with Crippen molar-refractivity contribution in [2.24, 2.45) is 4.99 Å². The Morgan fingerprint density at radius 3 is 2.35 bits per heavy atom. The molecule has 4 rings (SSSR count). The summed E-state index contributed by atoms with van der Waals surface area (Å²) in [4.78, 5) is 45.2. The number of alkyl carbamates (subject to hydrolysis) is 1. The number of anilines is 1. The summed E-state index contributed by atoms with van der Waals surface area (Å²) < 4.78 is 25.5. The third kappa shape index (κ3) is 5.20. The predicted octanol–water partition coefficient (Wildman–Crippen LogP) is 5.12. The summed E-state index contributed by atoms with van der Waals surface area (Å²) in [5.74, 6) is -1.47. The highest BCUT2D eigenvalue weighted by atomic mass is 19.1. The zero-order chi connectivity index (χ0) is 26.6. The number of benzene rings is 3. The molecule has 3 aromatic carbocycles. The zero-order valence-corrected chi connectivity index (χ0v) is 20.7. The van der Waals surface area contributed by atoms with Crippen LogP contribution in [0.3, 0.4) is 0 Å². The number of halogens is 1. The number of benzodiazepines with no additional fused rings is 1. The van der Waals surface area contributed by atoms with Gasteiger partial charge in [0, 0.05) is 11.1 Å². The van der Waals surface area contributed by atoms with Gasteiger partial charge in [0.05, 0.1) is 18.0 Å². The fraction of sp³-hybridized carbons (Fsp3) is 0.214. The molecule has 1 aliphatic rings. The van der Waals surface area contributed by atoms with Crippen LogP contribution in [0.5, 0.6) is 0 Å². The molecule has 1 N–H and O–H groups in total. The van der Waals surface area contributed by atoms with Gasteiger partial charge >= 0.3 is 12.2 Å². The number of carbonyl (C=O) groups is 3. The minimum absolute atomic E-state index is 0.00805. The number of aliphatic imine (C=N–C) groups is 1. The van der Waals surface area contributed by atoms with Crippen LogP contribution in [0.15, 0.2) is 77.8 Å². The van der Waals surface area contributed by atoms with Crippen molar-refractivity contribution in [3.8, 4) is 0 Å². The molecule has 0 spiro atoms. The average molecular weight is 504 g/mol. The molecule has 0 saturated carbocycles. The minimum atomic E-state index is -2.04. The summed E-state index contributed by atoms with van der Waals surface area (Å²) >= 11 is 0. The smallest absolute Gasteiger partial charge is 0.421 e. The van der Waals surface area contributed by atoms with Crippen LogP contribution in [0.2, 0.25) is 0 Å². The van der Waals surface area contributed by atoms with Crippen molar-refractivity contribution in [2.75, 3.05) is 11.5 Å². The van der Waals surface area contributed by atoms with Crippen LogP contribution >= 0.6 is 0 Å². The number of amides is 3. The highest BCUT2D eigenvalue weighted by molar-refractivity contribution is 6.26. The van der Waals surface area contributed by atoms with E-state index in [1.165, 1.54) is 25.1 Å². The maximum atomic E-state index is 15.0. The monoisotopic (exact) mass is 503 g/mol. The van der Waals surface area contributed by atoms with Crippen molar-refractivity contribution in [1.29, 1.82) is 0 Å². The number of hydrogen-bond acceptors (Lipinski definition) is 6. The molecule has 0 radical (unpaired) electrons. The van der Waals surface area contributed by atoms with E-state index >= 15 is 4.39 Å². The van der Waals surface area contributed by atoms with Gasteiger partial charge in [-0.25, -0.2) is 23.9 Å². The van der Waals surface area contributed by atoms with Gasteiger partial charge in [-0.1, -0.05) is 60.7 Å². The van der Waals surface area contributed by atoms with Gasteiger partial charge in [0.25, 0.3) is 5.91 Å². The van der Waals surface area contributed by atoms with Gasteiger partial charge in [-0.2, -0.15) is 0 Å². The van der Waals surface area contributed by atoms with E-state index in [1.807, 2.05) is 6.07 Å². The number of nitrogens with zero attached hydrogens (tertiary/aromatic N) is 2. The van der Waals surface area contributed by atoms with Gasteiger partial charge in [-0.05, 0) is 44.0 Å². The molecule has 1 atom stereocenters. The summed E-state index contributed by atoms with van der Waals surface area (Å²) in [6.45, 7) is 4.60. The second-order valence-electron chi connectivity index (χ2n) is 8.51. The quantitative estimate of drug-likeness (QED) is 0.521. The standard InChI is InChI=1S/C28H26FN3O5/c1-4-36-27(35)32-24-18(2)11-10-15-21(24)23(20-14-8-9-16-22(20)29)30-28(3,25(32)33)31-26(34)37-17-19-12-6-5-7-13-19/h5-16H,4,17H2,1-3H3,(H,31,34). The number of carbonyl (C=O) groups excluding carboxylic acids is 3. The first kappa shape index (κ1) is 25.6. The molecular formula is C28H26FN3O5. The lowest BCUT2D eigenvalue weighted by atomic mass is 9.97. The van der Waals surface area contributed by atoms with Crippen LogP contribution in [-0.4, -0.2) is 36.1 Å². The fourth-order valence-corrected chi connectivity index (χ4v) is 4.06. The molecule has 0 saturated heterocycles. The number of nitrogens with one attached hydrogen (secondary N) is 1. The Bertz CT molecular complexity index is 1380. The van der Waals surface area contributed by atoms with Crippen molar-refractivity contribution in [1.82, 2.24) is 5.32 Å². The van der Waals surface area contributed by atoms with Crippen molar-refractivity contribution in [2.45, 2.75) is 33.0 Å². The normalized spacial score (nSPS) is 16.8. The van der Waals surface area contributed by atoms with Crippen LogP contribution in [0.4, 0.5) is 19.7 Å². The molecule has 190 valence electrons. The first-order valence-electron chi connectivity index (χ1n) is 11.7. The van der Waals surface area contributed by atoms with Crippen molar-refractivity contribution in [3.05, 3.63) is 101 Å². The summed E-state index contributed by atoms with van der Waals surface area (Å²) in [5, 5.41) is 2.49. The predicted molar refractivity (Wildman–Crippen MR) is 136 cm³/mol. The SMILES string of the molecule is CCOC(=O)N1C(=O)C(C)(NC(=O)OCc2ccccc2)N=C(c2ccccc2F)c2cccc(C)c21. The van der Waals surface area contributed by atoms with Crippen molar-refractivity contribution >= 4 is 29.5 Å². The molecule has 8 nitrogen and oxygen atoms in total. The molecule has 3 amide bonds. The molecule has 0 aliphatic carbocycles. The van der Waals surface area contributed by atoms with Crippen LogP contribution in [0.1, 0.15) is 36.1 Å². The lowest BCUT2D eigenvalue weighted by molar-refractivity contribution is -0.123. The molecule has 3 aromatic rings. The lowest BCUT2D eigenvalue weighted by Crippen LogP contribution is -2.58. The Labute approximate surface area is 213 Å². The molecule has 1 aliphatic heterocycles. The molecular weight excluding hydrogens is 477 g/mol. The molecule has 1 unspecified atom stereocenters. The van der Waals surface area contributed by atoms with E-state index in [9.17, 15) is 14.4 Å². The molecule has 0 fully saturated rings. The first-order valence-corrected chi connectivity index (χ1v) is 11.7. The topological polar surface area (TPSA) is 97.3 Å². The summed E-state index contributed by atoms with van der Waals surface area (Å²) in [5.41, 5.74) is -0.0448. The van der Waals surface area contributed by atoms with E-state index in [1.54, 1.807) is 62.4 Å². The first-order chi connectivity index (χ1) is 17.7. The fourth-order valence-electron chi connectivity index (χ4n) is 4.06. The summed E-state index contributed by atoms with van der Waals surface area (Å²) in [6, 6.07) is 20.0. The van der Waals surface area contributed by atoms with Crippen molar-refractivity contribution < 1.29 is 28.2 Å². The molecule has 1 heterocycles. The van der Waals surface area contributed by atoms with Gasteiger partial charge in [0.2, 0.25) is 5.66 Å². The maximum Gasteiger partial charge on any atom is 0.421 e. The van der Waals surface area contributed by atoms with Crippen LogP contribution in [-0.2, 0) is 20.9 Å². The summed E-state index contributed by atoms with van der Waals surface area (Å²) in [7, 11) is 0. The van der Waals surface area contributed by atoms with E-state index in [0.717, 1.165) is 10.5 Å². The van der Waals surface area contributed by atoms with Crippen molar-refractivity contribution in [3.63, 3.8) is 0 Å². The molecule has 9 heteroatoms. The zero-order valence-electron chi connectivity index (χ0n) is 20.7. The summed E-state index contributed by atoms with van der Waals surface area (Å²) in [6.07, 6.45) is -1.89. The Morgan fingerprint density at radius 1 is 0.973 bits per heavy atom. The van der Waals surface area contributed by atoms with Gasteiger partial charge < -0.3 is 9.47 Å². The van der Waals surface area contributed by atoms with E-state index in [0.29, 0.717) is 11.1 Å². The largest absolute Gasteiger partial charge is 0.449 e. The van der Waals surface area contributed by atoms with E-state index in [2.05, 4.69) is 10.3 Å². The van der Waals surface area contributed by atoms with Crippen LogP contribution in [0, 0.1) is 12.7 Å². The van der Waals surface area contributed by atoms with Crippen LogP contribution < -0.4 is 10.2 Å². The number of para-hydroxylation sites is 1. The number of aryl methyl sites for hydroxylation is 1. The average Bonchev–Trinajstić information content (AvgIpc) is 2.97. The van der Waals surface area contributed by atoms with E-state index < -0.39 is 29.6 Å². The van der Waals surface area contributed by atoms with Gasteiger partial charge in [0.15, 0.2) is 0 Å². The second-order valence-corrected chi connectivity index (χ2v) is 8.51. The number of imide groups is 1.